The first kappa shape index (κ1) is 17.9. The van der Waals surface area contributed by atoms with E-state index in [0.717, 1.165) is 17.7 Å². The number of benzene rings is 2. The fourth-order valence-electron chi connectivity index (χ4n) is 2.23. The zero-order valence-corrected chi connectivity index (χ0v) is 13.7. The number of aliphatic carboxylic acids is 1. The van der Waals surface area contributed by atoms with Gasteiger partial charge in [-0.2, -0.15) is 0 Å². The molecule has 0 aliphatic heterocycles. The Morgan fingerprint density at radius 1 is 1.00 bits per heavy atom. The molecule has 0 unspecified atom stereocenters. The lowest BCUT2D eigenvalue weighted by molar-refractivity contribution is -0.131. The summed E-state index contributed by atoms with van der Waals surface area (Å²) in [5.41, 5.74) is 1.65. The minimum atomic E-state index is -1.22. The lowest BCUT2D eigenvalue weighted by atomic mass is 10.1. The molecule has 0 saturated carbocycles. The van der Waals surface area contributed by atoms with E-state index in [4.69, 9.17) is 5.11 Å². The standard InChI is InChI=1S/C19H18N2O4/c1-21(13-14-7-3-2-4-8-14)19(25)15-9-5-6-10-16(15)20-17(22)11-12-18(23)24/h2-12H,13H2,1H3,(H,20,22)(H,23,24). The first-order chi connectivity index (χ1) is 12.0. The Morgan fingerprint density at radius 3 is 2.32 bits per heavy atom. The van der Waals surface area contributed by atoms with Crippen molar-refractivity contribution in [3.8, 4) is 0 Å². The van der Waals surface area contributed by atoms with Crippen molar-refractivity contribution in [1.82, 2.24) is 4.90 Å². The van der Waals surface area contributed by atoms with Gasteiger partial charge in [0.15, 0.2) is 0 Å². The molecule has 0 saturated heterocycles. The van der Waals surface area contributed by atoms with E-state index in [2.05, 4.69) is 5.32 Å². The molecule has 25 heavy (non-hydrogen) atoms. The normalized spacial score (nSPS) is 10.4. The molecule has 0 aromatic heterocycles. The van der Waals surface area contributed by atoms with Gasteiger partial charge in [-0.25, -0.2) is 4.79 Å². The highest BCUT2D eigenvalue weighted by Crippen LogP contribution is 2.18. The number of carboxylic acids is 1. The van der Waals surface area contributed by atoms with Gasteiger partial charge in [-0.15, -0.1) is 0 Å². The highest BCUT2D eigenvalue weighted by molar-refractivity contribution is 6.07. The second kappa shape index (κ2) is 8.44. The first-order valence-electron chi connectivity index (χ1n) is 7.58. The third-order valence-corrected chi connectivity index (χ3v) is 3.40. The second-order valence-electron chi connectivity index (χ2n) is 5.35. The molecule has 2 N–H and O–H groups in total. The van der Waals surface area contributed by atoms with Crippen LogP contribution in [0.5, 0.6) is 0 Å². The zero-order chi connectivity index (χ0) is 18.2. The first-order valence-corrected chi connectivity index (χ1v) is 7.58. The molecular weight excluding hydrogens is 320 g/mol. The summed E-state index contributed by atoms with van der Waals surface area (Å²) < 4.78 is 0. The molecule has 2 rings (SSSR count). The van der Waals surface area contributed by atoms with Gasteiger partial charge in [-0.1, -0.05) is 42.5 Å². The fourth-order valence-corrected chi connectivity index (χ4v) is 2.23. The van der Waals surface area contributed by atoms with E-state index in [-0.39, 0.29) is 5.91 Å². The smallest absolute Gasteiger partial charge is 0.328 e. The zero-order valence-electron chi connectivity index (χ0n) is 13.7. The molecule has 0 aliphatic rings. The summed E-state index contributed by atoms with van der Waals surface area (Å²) in [7, 11) is 1.68. The number of hydrogen-bond acceptors (Lipinski definition) is 3. The highest BCUT2D eigenvalue weighted by Gasteiger charge is 2.16. The molecule has 0 fully saturated rings. The summed E-state index contributed by atoms with van der Waals surface area (Å²) in [5, 5.41) is 11.1. The van der Waals surface area contributed by atoms with E-state index < -0.39 is 11.9 Å². The van der Waals surface area contributed by atoms with E-state index in [1.807, 2.05) is 30.3 Å². The number of carbonyl (C=O) groups is 3. The molecule has 0 atom stereocenters. The van der Waals surface area contributed by atoms with Crippen molar-refractivity contribution in [2.45, 2.75) is 6.54 Å². The Morgan fingerprint density at radius 2 is 1.64 bits per heavy atom. The van der Waals surface area contributed by atoms with Gasteiger partial charge < -0.3 is 15.3 Å². The monoisotopic (exact) mass is 338 g/mol. The summed E-state index contributed by atoms with van der Waals surface area (Å²) in [4.78, 5) is 36.5. The summed E-state index contributed by atoms with van der Waals surface area (Å²) in [6, 6.07) is 16.1. The third kappa shape index (κ3) is 5.31. The number of carboxylic acid groups (broad SMARTS) is 1. The van der Waals surface area contributed by atoms with Crippen LogP contribution >= 0.6 is 0 Å². The Balaban J connectivity index is 2.14. The van der Waals surface area contributed by atoms with Crippen molar-refractivity contribution < 1.29 is 19.5 Å². The molecule has 128 valence electrons. The molecule has 0 spiro atoms. The molecule has 6 heteroatoms. The maximum Gasteiger partial charge on any atom is 0.328 e. The number of carbonyl (C=O) groups excluding carboxylic acids is 2. The number of anilines is 1. The SMILES string of the molecule is CN(Cc1ccccc1)C(=O)c1ccccc1NC(=O)C=CC(=O)O. The van der Waals surface area contributed by atoms with Gasteiger partial charge in [-0.05, 0) is 17.7 Å². The number of rotatable bonds is 6. The number of nitrogens with one attached hydrogen (secondary N) is 1. The highest BCUT2D eigenvalue weighted by atomic mass is 16.4. The molecular formula is C19H18N2O4. The van der Waals surface area contributed by atoms with Crippen molar-refractivity contribution >= 4 is 23.5 Å². The molecule has 0 aliphatic carbocycles. The van der Waals surface area contributed by atoms with Crippen LogP contribution in [0.3, 0.4) is 0 Å². The predicted molar refractivity (Wildman–Crippen MR) is 94.1 cm³/mol. The molecule has 0 radical (unpaired) electrons. The van der Waals surface area contributed by atoms with Crippen LogP contribution in [-0.2, 0) is 16.1 Å². The largest absolute Gasteiger partial charge is 0.478 e. The Kier molecular flexibility index (Phi) is 6.06. The third-order valence-electron chi connectivity index (χ3n) is 3.40. The van der Waals surface area contributed by atoms with Crippen LogP contribution in [0, 0.1) is 0 Å². The number of para-hydroxylation sites is 1. The van der Waals surface area contributed by atoms with Gasteiger partial charge >= 0.3 is 5.97 Å². The quantitative estimate of drug-likeness (QED) is 0.793. The lowest BCUT2D eigenvalue weighted by Gasteiger charge is -2.19. The average molecular weight is 338 g/mol. The second-order valence-corrected chi connectivity index (χ2v) is 5.35. The van der Waals surface area contributed by atoms with E-state index >= 15 is 0 Å². The van der Waals surface area contributed by atoms with E-state index in [1.165, 1.54) is 0 Å². The maximum absolute atomic E-state index is 12.7. The predicted octanol–water partition coefficient (Wildman–Crippen LogP) is 2.54. The molecule has 6 nitrogen and oxygen atoms in total. The van der Waals surface area contributed by atoms with Crippen LogP contribution in [0.25, 0.3) is 0 Å². The number of amides is 2. The summed E-state index contributed by atoms with van der Waals surface area (Å²) in [6.45, 7) is 0.431. The molecule has 0 bridgehead atoms. The van der Waals surface area contributed by atoms with E-state index in [9.17, 15) is 14.4 Å². The van der Waals surface area contributed by atoms with Crippen molar-refractivity contribution in [3.63, 3.8) is 0 Å². The molecule has 2 aromatic carbocycles. The van der Waals surface area contributed by atoms with Crippen molar-refractivity contribution in [2.75, 3.05) is 12.4 Å². The van der Waals surface area contributed by atoms with Crippen LogP contribution in [0.4, 0.5) is 5.69 Å². The summed E-state index contributed by atoms with van der Waals surface area (Å²) in [6.07, 6.45) is 1.64. The number of nitrogens with zero attached hydrogens (tertiary/aromatic N) is 1. The van der Waals surface area contributed by atoms with Gasteiger partial charge in [0.25, 0.3) is 5.91 Å². The topological polar surface area (TPSA) is 86.7 Å². The fraction of sp³-hybridized carbons (Fsp3) is 0.105. The van der Waals surface area contributed by atoms with Crippen molar-refractivity contribution in [2.24, 2.45) is 0 Å². The maximum atomic E-state index is 12.7. The van der Waals surface area contributed by atoms with Crippen LogP contribution in [0.2, 0.25) is 0 Å². The van der Waals surface area contributed by atoms with Crippen molar-refractivity contribution in [3.05, 3.63) is 77.9 Å². The minimum Gasteiger partial charge on any atom is -0.478 e. The lowest BCUT2D eigenvalue weighted by Crippen LogP contribution is -2.27. The van der Waals surface area contributed by atoms with Crippen LogP contribution in [0.1, 0.15) is 15.9 Å². The van der Waals surface area contributed by atoms with Gasteiger partial charge in [0.2, 0.25) is 5.91 Å². The molecule has 0 heterocycles. The van der Waals surface area contributed by atoms with Crippen molar-refractivity contribution in [1.29, 1.82) is 0 Å². The Hall–Kier alpha value is -3.41. The van der Waals surface area contributed by atoms with E-state index in [1.54, 1.807) is 36.2 Å². The summed E-state index contributed by atoms with van der Waals surface area (Å²) >= 11 is 0. The van der Waals surface area contributed by atoms with Gasteiger partial charge in [0, 0.05) is 25.7 Å². The van der Waals surface area contributed by atoms with Gasteiger partial charge in [0.1, 0.15) is 0 Å². The summed E-state index contributed by atoms with van der Waals surface area (Å²) in [5.74, 6) is -2.09. The molecule has 2 aromatic rings. The minimum absolute atomic E-state index is 0.248. The van der Waals surface area contributed by atoms with Crippen LogP contribution < -0.4 is 5.32 Å². The Labute approximate surface area is 145 Å². The average Bonchev–Trinajstić information content (AvgIpc) is 2.60. The van der Waals surface area contributed by atoms with Crippen LogP contribution in [0.15, 0.2) is 66.7 Å². The molecule has 2 amide bonds. The van der Waals surface area contributed by atoms with Gasteiger partial charge in [-0.3, -0.25) is 9.59 Å². The van der Waals surface area contributed by atoms with E-state index in [0.29, 0.717) is 17.8 Å². The van der Waals surface area contributed by atoms with Crippen LogP contribution in [-0.4, -0.2) is 34.8 Å². The number of hydrogen-bond donors (Lipinski definition) is 2. The van der Waals surface area contributed by atoms with Gasteiger partial charge in [0.05, 0.1) is 11.3 Å². The Bertz CT molecular complexity index is 800.